The third-order valence-electron chi connectivity index (χ3n) is 7.32. The molecule has 0 spiro atoms. The zero-order chi connectivity index (χ0) is 27.0. The highest BCUT2D eigenvalue weighted by Crippen LogP contribution is 2.21. The van der Waals surface area contributed by atoms with Gasteiger partial charge in [-0.05, 0) is 72.7 Å². The molecular weight excluding hydrogens is 468 g/mol. The molecule has 4 heteroatoms. The maximum absolute atomic E-state index is 12.6. The van der Waals surface area contributed by atoms with Crippen LogP contribution in [-0.4, -0.2) is 15.9 Å². The third-order valence-corrected chi connectivity index (χ3v) is 7.32. The van der Waals surface area contributed by atoms with Gasteiger partial charge < -0.3 is 4.74 Å². The molecule has 2 aromatic carbocycles. The van der Waals surface area contributed by atoms with Gasteiger partial charge in [0.2, 0.25) is 0 Å². The number of hydrogen-bond acceptors (Lipinski definition) is 4. The number of unbranched alkanes of at least 4 members (excludes halogenated alkanes) is 9. The summed E-state index contributed by atoms with van der Waals surface area (Å²) in [5.74, 6) is 1.49. The lowest BCUT2D eigenvalue weighted by molar-refractivity contribution is 0.0735. The zero-order valence-electron chi connectivity index (χ0n) is 23.8. The van der Waals surface area contributed by atoms with Crippen LogP contribution in [0.15, 0.2) is 60.9 Å². The predicted octanol–water partition coefficient (Wildman–Crippen LogP) is 9.41. The smallest absolute Gasteiger partial charge is 0.343 e. The van der Waals surface area contributed by atoms with Crippen LogP contribution in [-0.2, 0) is 12.8 Å². The van der Waals surface area contributed by atoms with Crippen molar-refractivity contribution in [3.05, 3.63) is 77.6 Å². The molecule has 0 saturated carbocycles. The molecule has 38 heavy (non-hydrogen) atoms. The number of aryl methyl sites for hydroxylation is 1. The average molecular weight is 515 g/mol. The highest BCUT2D eigenvalue weighted by molar-refractivity contribution is 5.91. The van der Waals surface area contributed by atoms with Gasteiger partial charge in [0.25, 0.3) is 0 Å². The molecule has 0 amide bonds. The Morgan fingerprint density at radius 2 is 1.32 bits per heavy atom. The molecule has 0 aliphatic heterocycles. The molecule has 3 rings (SSSR count). The number of rotatable bonds is 17. The molecule has 204 valence electrons. The number of hydrogen-bond donors (Lipinski definition) is 0. The molecule has 3 aromatic rings. The molecule has 0 bridgehead atoms. The fraction of sp³-hybridized carbons (Fsp3) is 0.500. The van der Waals surface area contributed by atoms with Gasteiger partial charge in [0.15, 0.2) is 5.82 Å². The molecule has 1 heterocycles. The van der Waals surface area contributed by atoms with E-state index < -0.39 is 0 Å². The van der Waals surface area contributed by atoms with Crippen molar-refractivity contribution in [3.8, 4) is 17.1 Å². The zero-order valence-corrected chi connectivity index (χ0v) is 23.8. The van der Waals surface area contributed by atoms with E-state index in [2.05, 4.69) is 30.7 Å². The van der Waals surface area contributed by atoms with Gasteiger partial charge in [-0.1, -0.05) is 97.1 Å². The minimum absolute atomic E-state index is 0.347. The van der Waals surface area contributed by atoms with Gasteiger partial charge in [0.05, 0.1) is 5.56 Å². The van der Waals surface area contributed by atoms with E-state index in [0.717, 1.165) is 24.8 Å². The van der Waals surface area contributed by atoms with Crippen molar-refractivity contribution >= 4 is 5.97 Å². The van der Waals surface area contributed by atoms with Gasteiger partial charge in [-0.25, -0.2) is 14.8 Å². The normalized spacial score (nSPS) is 11.9. The van der Waals surface area contributed by atoms with Crippen molar-refractivity contribution in [2.45, 2.75) is 104 Å². The van der Waals surface area contributed by atoms with Gasteiger partial charge in [-0.3, -0.25) is 0 Å². The van der Waals surface area contributed by atoms with Crippen LogP contribution < -0.4 is 4.74 Å². The van der Waals surface area contributed by atoms with E-state index >= 15 is 0 Å². The van der Waals surface area contributed by atoms with E-state index in [1.54, 1.807) is 12.1 Å². The SMILES string of the molecule is CCCCCCCCCCCCc1cnc(-c2ccc(OC(=O)c3ccc(CC(C)CC)cc3)cc2)nc1. The summed E-state index contributed by atoms with van der Waals surface area (Å²) in [6.07, 6.45) is 20.5. The second-order valence-electron chi connectivity index (χ2n) is 10.7. The maximum atomic E-state index is 12.6. The van der Waals surface area contributed by atoms with Crippen LogP contribution >= 0.6 is 0 Å². The Hall–Kier alpha value is -3.01. The lowest BCUT2D eigenvalue weighted by atomic mass is 9.98. The number of esters is 1. The Kier molecular flexibility index (Phi) is 13.0. The molecule has 0 saturated heterocycles. The Balaban J connectivity index is 1.39. The summed E-state index contributed by atoms with van der Waals surface area (Å²) in [7, 11) is 0. The lowest BCUT2D eigenvalue weighted by Crippen LogP contribution is -2.08. The number of ether oxygens (including phenoxy) is 1. The average Bonchev–Trinajstić information content (AvgIpc) is 2.95. The summed E-state index contributed by atoms with van der Waals surface area (Å²) in [5, 5.41) is 0. The number of carbonyl (C=O) groups is 1. The van der Waals surface area contributed by atoms with Crippen molar-refractivity contribution in [2.75, 3.05) is 0 Å². The molecule has 0 fully saturated rings. The minimum Gasteiger partial charge on any atom is -0.423 e. The van der Waals surface area contributed by atoms with E-state index in [1.807, 2.05) is 48.8 Å². The first-order valence-electron chi connectivity index (χ1n) is 14.8. The van der Waals surface area contributed by atoms with Crippen molar-refractivity contribution in [3.63, 3.8) is 0 Å². The molecule has 0 N–H and O–H groups in total. The Morgan fingerprint density at radius 1 is 0.737 bits per heavy atom. The number of aromatic nitrogens is 2. The van der Waals surface area contributed by atoms with Crippen molar-refractivity contribution in [2.24, 2.45) is 5.92 Å². The van der Waals surface area contributed by atoms with E-state index in [1.165, 1.54) is 75.3 Å². The largest absolute Gasteiger partial charge is 0.423 e. The summed E-state index contributed by atoms with van der Waals surface area (Å²) in [4.78, 5) is 21.7. The topological polar surface area (TPSA) is 52.1 Å². The van der Waals surface area contributed by atoms with Crippen LogP contribution in [0.1, 0.15) is 113 Å². The number of benzene rings is 2. The summed E-state index contributed by atoms with van der Waals surface area (Å²) in [5.41, 5.74) is 3.90. The summed E-state index contributed by atoms with van der Waals surface area (Å²) in [6, 6.07) is 15.1. The molecule has 1 aromatic heterocycles. The summed E-state index contributed by atoms with van der Waals surface area (Å²) >= 11 is 0. The van der Waals surface area contributed by atoms with E-state index in [-0.39, 0.29) is 5.97 Å². The first kappa shape index (κ1) is 29.5. The van der Waals surface area contributed by atoms with Gasteiger partial charge in [-0.15, -0.1) is 0 Å². The highest BCUT2D eigenvalue weighted by atomic mass is 16.5. The fourth-order valence-corrected chi connectivity index (χ4v) is 4.61. The van der Waals surface area contributed by atoms with Gasteiger partial charge in [0.1, 0.15) is 5.75 Å². The Labute approximate surface area is 230 Å². The molecular formula is C34H46N2O2. The third kappa shape index (κ3) is 10.4. The van der Waals surface area contributed by atoms with Crippen molar-refractivity contribution in [1.29, 1.82) is 0 Å². The minimum atomic E-state index is -0.347. The molecule has 0 aliphatic rings. The van der Waals surface area contributed by atoms with E-state index in [4.69, 9.17) is 4.74 Å². The Morgan fingerprint density at radius 3 is 1.89 bits per heavy atom. The standard InChI is InChI=1S/C34H46N2O2/c1-4-6-7-8-9-10-11-12-13-14-15-29-25-35-33(36-26-29)30-20-22-32(23-21-30)38-34(37)31-18-16-28(17-19-31)24-27(3)5-2/h16-23,25-27H,4-15,24H2,1-3H3. The second kappa shape index (κ2) is 16.8. The number of nitrogens with zero attached hydrogens (tertiary/aromatic N) is 2. The number of carbonyl (C=O) groups excluding carboxylic acids is 1. The van der Waals surface area contributed by atoms with Gasteiger partial charge in [0, 0.05) is 18.0 Å². The van der Waals surface area contributed by atoms with Crippen LogP contribution in [0.5, 0.6) is 5.75 Å². The second-order valence-corrected chi connectivity index (χ2v) is 10.7. The highest BCUT2D eigenvalue weighted by Gasteiger charge is 2.10. The summed E-state index contributed by atoms with van der Waals surface area (Å²) < 4.78 is 5.57. The van der Waals surface area contributed by atoms with Gasteiger partial charge >= 0.3 is 5.97 Å². The van der Waals surface area contributed by atoms with Crippen molar-refractivity contribution < 1.29 is 9.53 Å². The quantitative estimate of drug-likeness (QED) is 0.102. The summed E-state index contributed by atoms with van der Waals surface area (Å²) in [6.45, 7) is 6.71. The predicted molar refractivity (Wildman–Crippen MR) is 158 cm³/mol. The van der Waals surface area contributed by atoms with Crippen LogP contribution in [0.25, 0.3) is 11.4 Å². The van der Waals surface area contributed by atoms with E-state index in [9.17, 15) is 4.79 Å². The van der Waals surface area contributed by atoms with Crippen LogP contribution in [0.2, 0.25) is 0 Å². The maximum Gasteiger partial charge on any atom is 0.343 e. The molecule has 0 aliphatic carbocycles. The van der Waals surface area contributed by atoms with Crippen LogP contribution in [0, 0.1) is 5.92 Å². The van der Waals surface area contributed by atoms with Crippen LogP contribution in [0.3, 0.4) is 0 Å². The molecule has 4 nitrogen and oxygen atoms in total. The van der Waals surface area contributed by atoms with Crippen LogP contribution in [0.4, 0.5) is 0 Å². The molecule has 1 unspecified atom stereocenters. The lowest BCUT2D eigenvalue weighted by Gasteiger charge is -2.09. The van der Waals surface area contributed by atoms with Crippen molar-refractivity contribution in [1.82, 2.24) is 9.97 Å². The first-order valence-corrected chi connectivity index (χ1v) is 14.8. The fourth-order valence-electron chi connectivity index (χ4n) is 4.61. The first-order chi connectivity index (χ1) is 18.6. The Bertz CT molecular complexity index is 1060. The monoisotopic (exact) mass is 514 g/mol. The molecule has 1 atom stereocenters. The van der Waals surface area contributed by atoms with Gasteiger partial charge in [-0.2, -0.15) is 0 Å². The molecule has 0 radical (unpaired) electrons. The van der Waals surface area contributed by atoms with E-state index in [0.29, 0.717) is 23.1 Å².